The molecule has 1 aromatic carbocycles. The summed E-state index contributed by atoms with van der Waals surface area (Å²) in [6.45, 7) is 14.7. The van der Waals surface area contributed by atoms with E-state index in [1.54, 1.807) is 6.20 Å². The summed E-state index contributed by atoms with van der Waals surface area (Å²) in [4.78, 5) is 1.98. The van der Waals surface area contributed by atoms with Crippen molar-refractivity contribution in [2.24, 2.45) is 5.92 Å². The van der Waals surface area contributed by atoms with Crippen LogP contribution in [0.4, 0.5) is 5.82 Å². The molecule has 0 amide bonds. The predicted octanol–water partition coefficient (Wildman–Crippen LogP) is 5.33. The van der Waals surface area contributed by atoms with E-state index in [-0.39, 0.29) is 0 Å². The first-order valence-corrected chi connectivity index (χ1v) is 9.50. The van der Waals surface area contributed by atoms with Crippen LogP contribution in [-0.4, -0.2) is 28.8 Å². The second-order valence-electron chi connectivity index (χ2n) is 6.83. The molecular formula is C23H32N4. The Morgan fingerprint density at radius 2 is 2.00 bits per heavy atom. The zero-order chi connectivity index (χ0) is 20.0. The first-order chi connectivity index (χ1) is 12.9. The van der Waals surface area contributed by atoms with Crippen LogP contribution in [0.5, 0.6) is 0 Å². The average Bonchev–Trinajstić information content (AvgIpc) is 3.03. The Morgan fingerprint density at radius 3 is 2.56 bits per heavy atom. The van der Waals surface area contributed by atoms with E-state index in [1.807, 2.05) is 41.9 Å². The number of aromatic nitrogens is 2. The maximum atomic E-state index is 4.88. The van der Waals surface area contributed by atoms with Crippen molar-refractivity contribution in [2.45, 2.75) is 33.6 Å². The van der Waals surface area contributed by atoms with Gasteiger partial charge in [0.25, 0.3) is 0 Å². The molecular weight excluding hydrogens is 332 g/mol. The van der Waals surface area contributed by atoms with Crippen LogP contribution < -0.4 is 5.32 Å². The predicted molar refractivity (Wildman–Crippen MR) is 116 cm³/mol. The van der Waals surface area contributed by atoms with E-state index < -0.39 is 0 Å². The van der Waals surface area contributed by atoms with Crippen LogP contribution in [0.25, 0.3) is 5.69 Å². The van der Waals surface area contributed by atoms with Gasteiger partial charge in [0.05, 0.1) is 11.4 Å². The number of benzene rings is 1. The van der Waals surface area contributed by atoms with Crippen LogP contribution in [0.15, 0.2) is 67.0 Å². The average molecular weight is 365 g/mol. The number of allylic oxidation sites excluding steroid dienone is 2. The number of para-hydroxylation sites is 1. The summed E-state index contributed by atoms with van der Waals surface area (Å²) < 4.78 is 1.98. The van der Waals surface area contributed by atoms with E-state index in [0.717, 1.165) is 35.7 Å². The maximum Gasteiger partial charge on any atom is 0.132 e. The van der Waals surface area contributed by atoms with Gasteiger partial charge in [0, 0.05) is 31.8 Å². The Balaban J connectivity index is 2.40. The highest BCUT2D eigenvalue weighted by Crippen LogP contribution is 2.27. The molecule has 0 aliphatic rings. The second-order valence-corrected chi connectivity index (χ2v) is 6.83. The van der Waals surface area contributed by atoms with Gasteiger partial charge in [-0.1, -0.05) is 51.3 Å². The number of hydrogen-bond acceptors (Lipinski definition) is 3. The van der Waals surface area contributed by atoms with E-state index in [9.17, 15) is 0 Å². The zero-order valence-electron chi connectivity index (χ0n) is 17.3. The van der Waals surface area contributed by atoms with Crippen molar-refractivity contribution in [1.29, 1.82) is 0 Å². The molecule has 4 heteroatoms. The fourth-order valence-electron chi connectivity index (χ4n) is 3.13. The molecule has 4 nitrogen and oxygen atoms in total. The molecule has 1 atom stereocenters. The molecule has 0 aliphatic carbocycles. The fourth-order valence-corrected chi connectivity index (χ4v) is 3.13. The van der Waals surface area contributed by atoms with Crippen LogP contribution in [0.2, 0.25) is 0 Å². The summed E-state index contributed by atoms with van der Waals surface area (Å²) in [5.74, 6) is 1.46. The van der Waals surface area contributed by atoms with Gasteiger partial charge in [-0.2, -0.15) is 5.10 Å². The minimum absolute atomic E-state index is 0.431. The highest BCUT2D eigenvalue weighted by molar-refractivity contribution is 5.53. The molecule has 144 valence electrons. The quantitative estimate of drug-likeness (QED) is 0.611. The van der Waals surface area contributed by atoms with Crippen molar-refractivity contribution >= 4 is 5.82 Å². The van der Waals surface area contributed by atoms with Crippen molar-refractivity contribution < 1.29 is 0 Å². The molecule has 0 bridgehead atoms. The summed E-state index contributed by atoms with van der Waals surface area (Å²) in [6.07, 6.45) is 5.90. The Hall–Kier alpha value is -2.75. The highest BCUT2D eigenvalue weighted by atomic mass is 15.3. The summed E-state index contributed by atoms with van der Waals surface area (Å²) >= 11 is 0. The summed E-state index contributed by atoms with van der Waals surface area (Å²) in [5.41, 5.74) is 5.54. The van der Waals surface area contributed by atoms with E-state index in [1.165, 1.54) is 11.1 Å². The topological polar surface area (TPSA) is 33.1 Å². The number of nitrogens with zero attached hydrogens (tertiary/aromatic N) is 3. The lowest BCUT2D eigenvalue weighted by Gasteiger charge is -2.23. The minimum Gasteiger partial charge on any atom is -0.373 e. The maximum absolute atomic E-state index is 4.88. The van der Waals surface area contributed by atoms with Gasteiger partial charge >= 0.3 is 0 Å². The van der Waals surface area contributed by atoms with Crippen LogP contribution in [0, 0.1) is 12.8 Å². The van der Waals surface area contributed by atoms with Crippen LogP contribution in [0.1, 0.15) is 31.5 Å². The number of anilines is 1. The van der Waals surface area contributed by atoms with E-state index >= 15 is 0 Å². The molecule has 1 aromatic heterocycles. The van der Waals surface area contributed by atoms with Gasteiger partial charge in [0.2, 0.25) is 0 Å². The van der Waals surface area contributed by atoms with Gasteiger partial charge in [0.15, 0.2) is 0 Å². The molecule has 0 spiro atoms. The smallest absolute Gasteiger partial charge is 0.132 e. The Bertz CT molecular complexity index is 814. The number of nitrogens with one attached hydrogen (secondary N) is 1. The molecule has 1 unspecified atom stereocenters. The van der Waals surface area contributed by atoms with Gasteiger partial charge in [-0.3, -0.25) is 0 Å². The Labute approximate surface area is 163 Å². The Morgan fingerprint density at radius 1 is 1.33 bits per heavy atom. The number of hydrogen-bond donors (Lipinski definition) is 1. The molecule has 2 aromatic rings. The third kappa shape index (κ3) is 4.51. The third-order valence-corrected chi connectivity index (χ3v) is 5.15. The molecule has 0 radical (unpaired) electrons. The normalized spacial score (nSPS) is 12.6. The Kier molecular flexibility index (Phi) is 7.05. The van der Waals surface area contributed by atoms with Crippen molar-refractivity contribution in [2.75, 3.05) is 19.4 Å². The van der Waals surface area contributed by atoms with E-state index in [0.29, 0.717) is 5.92 Å². The third-order valence-electron chi connectivity index (χ3n) is 5.15. The highest BCUT2D eigenvalue weighted by Gasteiger charge is 2.16. The minimum atomic E-state index is 0.431. The first-order valence-electron chi connectivity index (χ1n) is 9.50. The van der Waals surface area contributed by atoms with Crippen molar-refractivity contribution in [3.8, 4) is 5.69 Å². The van der Waals surface area contributed by atoms with Gasteiger partial charge in [-0.05, 0) is 43.2 Å². The second kappa shape index (κ2) is 9.26. The van der Waals surface area contributed by atoms with Gasteiger partial charge in [-0.15, -0.1) is 0 Å². The molecule has 2 rings (SSSR count). The summed E-state index contributed by atoms with van der Waals surface area (Å²) in [7, 11) is 3.93. The summed E-state index contributed by atoms with van der Waals surface area (Å²) in [6, 6.07) is 10.2. The summed E-state index contributed by atoms with van der Waals surface area (Å²) in [5, 5.41) is 8.17. The first kappa shape index (κ1) is 20.6. The monoisotopic (exact) mass is 364 g/mol. The van der Waals surface area contributed by atoms with E-state index in [2.05, 4.69) is 57.5 Å². The van der Waals surface area contributed by atoms with Crippen LogP contribution in [-0.2, 0) is 6.42 Å². The molecule has 1 N–H and O–H groups in total. The molecule has 1 heterocycles. The largest absolute Gasteiger partial charge is 0.373 e. The molecule has 27 heavy (non-hydrogen) atoms. The van der Waals surface area contributed by atoms with Crippen LogP contribution in [0.3, 0.4) is 0 Å². The van der Waals surface area contributed by atoms with Gasteiger partial charge in [-0.25, -0.2) is 4.68 Å². The van der Waals surface area contributed by atoms with Crippen molar-refractivity contribution in [3.63, 3.8) is 0 Å². The van der Waals surface area contributed by atoms with Crippen molar-refractivity contribution in [1.82, 2.24) is 14.7 Å². The SMILES string of the molecule is C=CN(C)C(=C)/C(=C\Cc1nn(-c2ccccc2)c(NC)c1C)C(C)CC. The lowest BCUT2D eigenvalue weighted by molar-refractivity contribution is 0.542. The number of likely N-dealkylation sites (N-methyl/N-ethyl adjacent to an activating group) is 1. The van der Waals surface area contributed by atoms with Gasteiger partial charge in [0.1, 0.15) is 5.82 Å². The standard InChI is InChI=1S/C23H32N4/c1-8-17(3)21(19(5)26(7)9-2)15-16-22-18(4)23(24-6)27(25-22)20-13-11-10-12-14-20/h9-15,17,24H,2,5,8,16H2,1,3-4,6-7H3/b21-15-. The molecule has 0 aliphatic heterocycles. The van der Waals surface area contributed by atoms with Crippen LogP contribution >= 0.6 is 0 Å². The van der Waals surface area contributed by atoms with E-state index in [4.69, 9.17) is 5.10 Å². The van der Waals surface area contributed by atoms with Crippen molar-refractivity contribution in [3.05, 3.63) is 78.3 Å². The fraction of sp³-hybridized carbons (Fsp3) is 0.348. The van der Waals surface area contributed by atoms with Gasteiger partial charge < -0.3 is 10.2 Å². The molecule has 0 saturated carbocycles. The lowest BCUT2D eigenvalue weighted by Crippen LogP contribution is -2.15. The molecule has 0 fully saturated rings. The zero-order valence-corrected chi connectivity index (χ0v) is 17.3. The lowest BCUT2D eigenvalue weighted by atomic mass is 9.94. The molecule has 0 saturated heterocycles. The number of rotatable bonds is 9.